The fourth-order valence-corrected chi connectivity index (χ4v) is 2.39. The molecule has 2 aromatic carbocycles. The zero-order chi connectivity index (χ0) is 16.2. The maximum atomic E-state index is 11.5. The fraction of sp³-hybridized carbons (Fsp3) is 0.111. The Morgan fingerprint density at radius 1 is 1.04 bits per heavy atom. The number of rotatable bonds is 5. The Bertz CT molecular complexity index is 826. The summed E-state index contributed by atoms with van der Waals surface area (Å²) in [7, 11) is 3.18. The molecule has 0 radical (unpaired) electrons. The van der Waals surface area contributed by atoms with Crippen molar-refractivity contribution in [1.29, 1.82) is 0 Å². The second kappa shape index (κ2) is 6.36. The van der Waals surface area contributed by atoms with Crippen LogP contribution >= 0.6 is 0 Å². The SMILES string of the molecule is COc1ccc(OC)c(-c2nn(-c3ccccc3)cc2C=O)c1. The van der Waals surface area contributed by atoms with Gasteiger partial charge in [0.25, 0.3) is 0 Å². The molecule has 5 nitrogen and oxygen atoms in total. The number of carbonyl (C=O) groups is 1. The smallest absolute Gasteiger partial charge is 0.153 e. The minimum Gasteiger partial charge on any atom is -0.497 e. The molecule has 0 saturated carbocycles. The molecule has 0 unspecified atom stereocenters. The Balaban J connectivity index is 2.17. The third-order valence-electron chi connectivity index (χ3n) is 3.55. The number of ether oxygens (including phenoxy) is 2. The van der Waals surface area contributed by atoms with Gasteiger partial charge in [0.15, 0.2) is 6.29 Å². The van der Waals surface area contributed by atoms with Crippen LogP contribution in [0, 0.1) is 0 Å². The number of nitrogens with zero attached hydrogens (tertiary/aromatic N) is 2. The minimum atomic E-state index is 0.486. The highest BCUT2D eigenvalue weighted by Crippen LogP contribution is 2.34. The number of methoxy groups -OCH3 is 2. The summed E-state index contributed by atoms with van der Waals surface area (Å²) >= 11 is 0. The fourth-order valence-electron chi connectivity index (χ4n) is 2.39. The predicted octanol–water partition coefficient (Wildman–Crippen LogP) is 3.37. The van der Waals surface area contributed by atoms with Gasteiger partial charge in [-0.1, -0.05) is 18.2 Å². The lowest BCUT2D eigenvalue weighted by Gasteiger charge is -2.09. The summed E-state index contributed by atoms with van der Waals surface area (Å²) in [6.45, 7) is 0. The zero-order valence-corrected chi connectivity index (χ0v) is 12.9. The van der Waals surface area contributed by atoms with E-state index in [-0.39, 0.29) is 0 Å². The van der Waals surface area contributed by atoms with Crippen molar-refractivity contribution in [3.05, 3.63) is 60.3 Å². The maximum absolute atomic E-state index is 11.5. The van der Waals surface area contributed by atoms with Gasteiger partial charge in [-0.25, -0.2) is 4.68 Å². The molecule has 0 atom stereocenters. The Morgan fingerprint density at radius 3 is 2.48 bits per heavy atom. The lowest BCUT2D eigenvalue weighted by atomic mass is 10.1. The molecule has 0 aliphatic heterocycles. The summed E-state index contributed by atoms with van der Waals surface area (Å²) < 4.78 is 12.3. The third-order valence-corrected chi connectivity index (χ3v) is 3.55. The van der Waals surface area contributed by atoms with E-state index in [9.17, 15) is 4.79 Å². The zero-order valence-electron chi connectivity index (χ0n) is 12.9. The summed E-state index contributed by atoms with van der Waals surface area (Å²) in [5.41, 5.74) is 2.63. The van der Waals surface area contributed by atoms with E-state index >= 15 is 0 Å². The number of aromatic nitrogens is 2. The summed E-state index contributed by atoms with van der Waals surface area (Å²) in [6.07, 6.45) is 2.50. The van der Waals surface area contributed by atoms with E-state index in [0.717, 1.165) is 12.0 Å². The second-order valence-electron chi connectivity index (χ2n) is 4.90. The average Bonchev–Trinajstić information content (AvgIpc) is 3.06. The highest BCUT2D eigenvalue weighted by molar-refractivity contribution is 5.87. The van der Waals surface area contributed by atoms with Crippen molar-refractivity contribution in [1.82, 2.24) is 9.78 Å². The van der Waals surface area contributed by atoms with Gasteiger partial charge in [0.1, 0.15) is 17.2 Å². The van der Waals surface area contributed by atoms with Crippen LogP contribution in [0.5, 0.6) is 11.5 Å². The summed E-state index contributed by atoms with van der Waals surface area (Å²) in [4.78, 5) is 11.5. The normalized spacial score (nSPS) is 10.3. The number of aldehydes is 1. The lowest BCUT2D eigenvalue weighted by Crippen LogP contribution is -1.95. The molecule has 0 aliphatic carbocycles. The Kier molecular flexibility index (Phi) is 4.10. The van der Waals surface area contributed by atoms with Crippen LogP contribution in [0.3, 0.4) is 0 Å². The van der Waals surface area contributed by atoms with Crippen molar-refractivity contribution in [3.63, 3.8) is 0 Å². The molecule has 0 spiro atoms. The van der Waals surface area contributed by atoms with Crippen LogP contribution in [0.4, 0.5) is 0 Å². The van der Waals surface area contributed by atoms with Crippen LogP contribution in [0.15, 0.2) is 54.7 Å². The molecular weight excluding hydrogens is 292 g/mol. The summed E-state index contributed by atoms with van der Waals surface area (Å²) in [5, 5.41) is 4.56. The molecule has 1 heterocycles. The van der Waals surface area contributed by atoms with E-state index in [0.29, 0.717) is 28.3 Å². The largest absolute Gasteiger partial charge is 0.497 e. The average molecular weight is 308 g/mol. The third kappa shape index (κ3) is 2.81. The van der Waals surface area contributed by atoms with Crippen LogP contribution in [-0.2, 0) is 0 Å². The van der Waals surface area contributed by atoms with Crippen LogP contribution < -0.4 is 9.47 Å². The number of carbonyl (C=O) groups excluding carboxylic acids is 1. The van der Waals surface area contributed by atoms with Gasteiger partial charge in [0, 0.05) is 11.8 Å². The highest BCUT2D eigenvalue weighted by Gasteiger charge is 2.16. The van der Waals surface area contributed by atoms with Gasteiger partial charge in [-0.3, -0.25) is 4.79 Å². The first-order chi connectivity index (χ1) is 11.3. The Hall–Kier alpha value is -3.08. The molecule has 23 heavy (non-hydrogen) atoms. The molecule has 0 bridgehead atoms. The molecule has 3 aromatic rings. The van der Waals surface area contributed by atoms with Crippen LogP contribution in [0.1, 0.15) is 10.4 Å². The first-order valence-electron chi connectivity index (χ1n) is 7.09. The molecule has 5 heteroatoms. The van der Waals surface area contributed by atoms with E-state index in [4.69, 9.17) is 9.47 Å². The van der Waals surface area contributed by atoms with Gasteiger partial charge in [-0.15, -0.1) is 0 Å². The molecule has 116 valence electrons. The van der Waals surface area contributed by atoms with Gasteiger partial charge >= 0.3 is 0 Å². The number of hydrogen-bond donors (Lipinski definition) is 0. The Morgan fingerprint density at radius 2 is 1.83 bits per heavy atom. The monoisotopic (exact) mass is 308 g/mol. The van der Waals surface area contributed by atoms with Crippen molar-refractivity contribution in [2.75, 3.05) is 14.2 Å². The highest BCUT2D eigenvalue weighted by atomic mass is 16.5. The van der Waals surface area contributed by atoms with E-state index in [1.807, 2.05) is 36.4 Å². The first-order valence-corrected chi connectivity index (χ1v) is 7.09. The van der Waals surface area contributed by atoms with Gasteiger partial charge in [0.05, 0.1) is 25.5 Å². The molecule has 3 rings (SSSR count). The number of para-hydroxylation sites is 1. The van der Waals surface area contributed by atoms with E-state index in [2.05, 4.69) is 5.10 Å². The van der Waals surface area contributed by atoms with Gasteiger partial charge in [-0.2, -0.15) is 5.10 Å². The van der Waals surface area contributed by atoms with Gasteiger partial charge in [-0.05, 0) is 30.3 Å². The summed E-state index contributed by atoms with van der Waals surface area (Å²) in [5.74, 6) is 1.30. The second-order valence-corrected chi connectivity index (χ2v) is 4.90. The molecular formula is C18H16N2O3. The summed E-state index contributed by atoms with van der Waals surface area (Å²) in [6, 6.07) is 15.0. The van der Waals surface area contributed by atoms with E-state index in [1.165, 1.54) is 0 Å². The topological polar surface area (TPSA) is 53.4 Å². The first kappa shape index (κ1) is 14.8. The van der Waals surface area contributed by atoms with Gasteiger partial charge in [0.2, 0.25) is 0 Å². The van der Waals surface area contributed by atoms with E-state index in [1.54, 1.807) is 37.2 Å². The lowest BCUT2D eigenvalue weighted by molar-refractivity contribution is 0.112. The van der Waals surface area contributed by atoms with Crippen molar-refractivity contribution in [2.45, 2.75) is 0 Å². The van der Waals surface area contributed by atoms with Gasteiger partial charge < -0.3 is 9.47 Å². The predicted molar refractivity (Wildman–Crippen MR) is 87.5 cm³/mol. The van der Waals surface area contributed by atoms with Crippen molar-refractivity contribution >= 4 is 6.29 Å². The molecule has 0 aliphatic rings. The van der Waals surface area contributed by atoms with Crippen molar-refractivity contribution in [2.24, 2.45) is 0 Å². The molecule has 0 N–H and O–H groups in total. The minimum absolute atomic E-state index is 0.486. The Labute approximate surface area is 134 Å². The van der Waals surface area contributed by atoms with Crippen molar-refractivity contribution < 1.29 is 14.3 Å². The molecule has 0 amide bonds. The van der Waals surface area contributed by atoms with E-state index < -0.39 is 0 Å². The van der Waals surface area contributed by atoms with Crippen LogP contribution in [-0.4, -0.2) is 30.3 Å². The molecule has 0 fully saturated rings. The standard InChI is InChI=1S/C18H16N2O3/c1-22-15-8-9-17(23-2)16(10-15)18-13(12-21)11-20(19-18)14-6-4-3-5-7-14/h3-12H,1-2H3. The van der Waals surface area contributed by atoms with Crippen molar-refractivity contribution in [3.8, 4) is 28.4 Å². The number of benzene rings is 2. The van der Waals surface area contributed by atoms with Crippen LogP contribution in [0.25, 0.3) is 16.9 Å². The maximum Gasteiger partial charge on any atom is 0.153 e. The molecule has 0 saturated heterocycles. The quantitative estimate of drug-likeness (QED) is 0.678. The molecule has 1 aromatic heterocycles. The van der Waals surface area contributed by atoms with Crippen LogP contribution in [0.2, 0.25) is 0 Å². The number of hydrogen-bond acceptors (Lipinski definition) is 4.